The second-order valence-electron chi connectivity index (χ2n) is 6.05. The largest absolute Gasteiger partial charge is 0.268 e. The maximum atomic E-state index is 4.65. The molecule has 26 heavy (non-hydrogen) atoms. The van der Waals surface area contributed by atoms with Gasteiger partial charge >= 0.3 is 0 Å². The molecule has 0 N–H and O–H groups in total. The second kappa shape index (κ2) is 6.24. The summed E-state index contributed by atoms with van der Waals surface area (Å²) in [4.78, 5) is 4.65. The fourth-order valence-corrected chi connectivity index (χ4v) is 3.80. The van der Waals surface area contributed by atoms with Crippen molar-refractivity contribution in [3.05, 3.63) is 84.9 Å². The molecule has 6 heteroatoms. The zero-order valence-electron chi connectivity index (χ0n) is 13.9. The molecular formula is C20H15N5S. The highest BCUT2D eigenvalue weighted by Crippen LogP contribution is 2.26. The Morgan fingerprint density at radius 2 is 1.58 bits per heavy atom. The molecular weight excluding hydrogens is 342 g/mol. The summed E-state index contributed by atoms with van der Waals surface area (Å²) in [6.45, 7) is 0.757. The number of para-hydroxylation sites is 1. The number of aromatic nitrogens is 5. The monoisotopic (exact) mass is 357 g/mol. The highest BCUT2D eigenvalue weighted by atomic mass is 32.1. The highest BCUT2D eigenvalue weighted by molar-refractivity contribution is 7.20. The number of hydrogen-bond donors (Lipinski definition) is 0. The number of nitrogens with zero attached hydrogens (tertiary/aromatic N) is 5. The van der Waals surface area contributed by atoms with Crippen molar-refractivity contribution in [3.63, 3.8) is 0 Å². The molecule has 0 aliphatic carbocycles. The molecule has 0 aliphatic heterocycles. The Hall–Kier alpha value is -3.25. The van der Waals surface area contributed by atoms with Crippen LogP contribution in [-0.4, -0.2) is 24.5 Å². The summed E-state index contributed by atoms with van der Waals surface area (Å²) in [5.41, 5.74) is 4.31. The van der Waals surface area contributed by atoms with Gasteiger partial charge in [0.1, 0.15) is 0 Å². The Morgan fingerprint density at radius 1 is 0.808 bits per heavy atom. The molecule has 2 aromatic carbocycles. The van der Waals surface area contributed by atoms with Crippen molar-refractivity contribution in [3.8, 4) is 16.3 Å². The van der Waals surface area contributed by atoms with E-state index in [4.69, 9.17) is 0 Å². The Labute approximate surface area is 154 Å². The SMILES string of the molecule is c1ccc(Cn2cc(-c3cnn(-c4nc5ccccc5s4)c3)cn2)cc1. The predicted molar refractivity (Wildman–Crippen MR) is 104 cm³/mol. The molecule has 0 radical (unpaired) electrons. The van der Waals surface area contributed by atoms with E-state index in [1.54, 1.807) is 11.3 Å². The molecule has 0 spiro atoms. The lowest BCUT2D eigenvalue weighted by atomic mass is 10.2. The highest BCUT2D eigenvalue weighted by Gasteiger charge is 2.09. The standard InChI is InChI=1S/C20H15N5S/c1-2-6-15(7-3-1)12-24-13-16(10-21-24)17-11-22-25(14-17)20-23-18-8-4-5-9-19(18)26-20/h1-11,13-14H,12H2. The maximum absolute atomic E-state index is 4.65. The Balaban J connectivity index is 1.41. The normalized spacial score (nSPS) is 11.2. The number of hydrogen-bond acceptors (Lipinski definition) is 4. The van der Waals surface area contributed by atoms with Gasteiger partial charge < -0.3 is 0 Å². The van der Waals surface area contributed by atoms with Crippen LogP contribution in [0.1, 0.15) is 5.56 Å². The average Bonchev–Trinajstić information content (AvgIpc) is 3.41. The van der Waals surface area contributed by atoms with Crippen LogP contribution in [0.3, 0.4) is 0 Å². The lowest BCUT2D eigenvalue weighted by molar-refractivity contribution is 0.687. The fourth-order valence-electron chi connectivity index (χ4n) is 2.90. The molecule has 0 aliphatic rings. The molecule has 3 heterocycles. The lowest BCUT2D eigenvalue weighted by Gasteiger charge is -2.00. The van der Waals surface area contributed by atoms with Crippen molar-refractivity contribution in [2.75, 3.05) is 0 Å². The summed E-state index contributed by atoms with van der Waals surface area (Å²) in [5, 5.41) is 9.82. The Morgan fingerprint density at radius 3 is 2.46 bits per heavy atom. The molecule has 0 unspecified atom stereocenters. The molecule has 5 rings (SSSR count). The van der Waals surface area contributed by atoms with E-state index in [0.717, 1.165) is 33.0 Å². The smallest absolute Gasteiger partial charge is 0.211 e. The lowest BCUT2D eigenvalue weighted by Crippen LogP contribution is -1.99. The average molecular weight is 357 g/mol. The van der Waals surface area contributed by atoms with Gasteiger partial charge in [0.05, 0.1) is 29.2 Å². The minimum absolute atomic E-state index is 0.757. The van der Waals surface area contributed by atoms with Crippen LogP contribution in [0, 0.1) is 0 Å². The summed E-state index contributed by atoms with van der Waals surface area (Å²) in [5.74, 6) is 0. The van der Waals surface area contributed by atoms with E-state index >= 15 is 0 Å². The predicted octanol–water partition coefficient (Wildman–Crippen LogP) is 4.39. The van der Waals surface area contributed by atoms with Gasteiger partial charge in [0.25, 0.3) is 0 Å². The van der Waals surface area contributed by atoms with Gasteiger partial charge in [0, 0.05) is 23.5 Å². The maximum Gasteiger partial charge on any atom is 0.211 e. The van der Waals surface area contributed by atoms with Gasteiger partial charge in [-0.1, -0.05) is 53.8 Å². The van der Waals surface area contributed by atoms with Crippen LogP contribution in [0.15, 0.2) is 79.4 Å². The minimum Gasteiger partial charge on any atom is -0.268 e. The van der Waals surface area contributed by atoms with Crippen molar-refractivity contribution in [1.82, 2.24) is 24.5 Å². The van der Waals surface area contributed by atoms with E-state index in [-0.39, 0.29) is 0 Å². The molecule has 126 valence electrons. The quantitative estimate of drug-likeness (QED) is 0.479. The van der Waals surface area contributed by atoms with Crippen molar-refractivity contribution >= 4 is 21.6 Å². The van der Waals surface area contributed by atoms with Crippen LogP contribution in [0.4, 0.5) is 0 Å². The molecule has 0 fully saturated rings. The van der Waals surface area contributed by atoms with Gasteiger partial charge in [0.2, 0.25) is 5.13 Å². The number of fused-ring (bicyclic) bond motifs is 1. The number of rotatable bonds is 4. The van der Waals surface area contributed by atoms with E-state index in [2.05, 4.69) is 33.4 Å². The van der Waals surface area contributed by atoms with E-state index in [0.29, 0.717) is 0 Å². The van der Waals surface area contributed by atoms with Crippen LogP contribution in [-0.2, 0) is 6.54 Å². The number of benzene rings is 2. The Bertz CT molecular complexity index is 1140. The first-order chi connectivity index (χ1) is 12.8. The summed E-state index contributed by atoms with van der Waals surface area (Å²) in [6, 6.07) is 18.4. The summed E-state index contributed by atoms with van der Waals surface area (Å²) in [6.07, 6.45) is 7.78. The summed E-state index contributed by atoms with van der Waals surface area (Å²) >= 11 is 1.63. The van der Waals surface area contributed by atoms with Crippen LogP contribution < -0.4 is 0 Å². The van der Waals surface area contributed by atoms with E-state index in [1.807, 2.05) is 70.5 Å². The molecule has 3 aromatic heterocycles. The van der Waals surface area contributed by atoms with Gasteiger partial charge in [-0.05, 0) is 17.7 Å². The van der Waals surface area contributed by atoms with Crippen LogP contribution >= 0.6 is 11.3 Å². The van der Waals surface area contributed by atoms with Crippen molar-refractivity contribution < 1.29 is 0 Å². The van der Waals surface area contributed by atoms with E-state index < -0.39 is 0 Å². The first-order valence-electron chi connectivity index (χ1n) is 8.32. The minimum atomic E-state index is 0.757. The third-order valence-corrected chi connectivity index (χ3v) is 5.24. The van der Waals surface area contributed by atoms with Crippen LogP contribution in [0.25, 0.3) is 26.5 Å². The van der Waals surface area contributed by atoms with E-state index in [9.17, 15) is 0 Å². The van der Waals surface area contributed by atoms with Gasteiger partial charge in [-0.25, -0.2) is 9.67 Å². The number of thiazole rings is 1. The molecule has 5 nitrogen and oxygen atoms in total. The first kappa shape index (κ1) is 15.0. The van der Waals surface area contributed by atoms with Gasteiger partial charge in [-0.15, -0.1) is 0 Å². The van der Waals surface area contributed by atoms with E-state index in [1.165, 1.54) is 5.56 Å². The molecule has 0 amide bonds. The van der Waals surface area contributed by atoms with Crippen molar-refractivity contribution in [2.24, 2.45) is 0 Å². The topological polar surface area (TPSA) is 48.5 Å². The van der Waals surface area contributed by atoms with Crippen LogP contribution in [0.2, 0.25) is 0 Å². The van der Waals surface area contributed by atoms with Crippen molar-refractivity contribution in [2.45, 2.75) is 6.54 Å². The van der Waals surface area contributed by atoms with Gasteiger partial charge in [0.15, 0.2) is 0 Å². The zero-order valence-corrected chi connectivity index (χ0v) is 14.7. The third-order valence-electron chi connectivity index (χ3n) is 4.22. The summed E-state index contributed by atoms with van der Waals surface area (Å²) in [7, 11) is 0. The molecule has 5 aromatic rings. The summed E-state index contributed by atoms with van der Waals surface area (Å²) < 4.78 is 4.93. The fraction of sp³-hybridized carbons (Fsp3) is 0.0500. The third kappa shape index (κ3) is 2.80. The van der Waals surface area contributed by atoms with Gasteiger partial charge in [-0.2, -0.15) is 10.2 Å². The molecule has 0 bridgehead atoms. The molecule has 0 atom stereocenters. The van der Waals surface area contributed by atoms with Crippen molar-refractivity contribution in [1.29, 1.82) is 0 Å². The zero-order chi connectivity index (χ0) is 17.3. The molecule has 0 saturated carbocycles. The second-order valence-corrected chi connectivity index (χ2v) is 7.06. The van der Waals surface area contributed by atoms with Crippen LogP contribution in [0.5, 0.6) is 0 Å². The first-order valence-corrected chi connectivity index (χ1v) is 9.14. The van der Waals surface area contributed by atoms with Gasteiger partial charge in [-0.3, -0.25) is 4.68 Å². The Kier molecular flexibility index (Phi) is 3.61. The molecule has 0 saturated heterocycles.